The Bertz CT molecular complexity index is 630. The number of benzene rings is 1. The third-order valence-corrected chi connectivity index (χ3v) is 3.65. The third kappa shape index (κ3) is 3.78. The second-order valence-electron chi connectivity index (χ2n) is 3.64. The van der Waals surface area contributed by atoms with Crippen LogP contribution < -0.4 is 5.32 Å². The van der Waals surface area contributed by atoms with Crippen LogP contribution >= 0.6 is 27.3 Å². The molecule has 2 rings (SSSR count). The molecule has 0 spiro atoms. The van der Waals surface area contributed by atoms with Gasteiger partial charge in [0.2, 0.25) is 0 Å². The van der Waals surface area contributed by atoms with Gasteiger partial charge in [0.15, 0.2) is 9.61 Å². The van der Waals surface area contributed by atoms with E-state index in [0.29, 0.717) is 3.92 Å². The van der Waals surface area contributed by atoms with Crippen molar-refractivity contribution < 1.29 is 19.4 Å². The van der Waals surface area contributed by atoms with Crippen molar-refractivity contribution in [3.63, 3.8) is 0 Å². The molecule has 6 nitrogen and oxygen atoms in total. The number of hydrogen-bond acceptors (Lipinski definition) is 5. The second kappa shape index (κ2) is 6.49. The lowest BCUT2D eigenvalue weighted by molar-refractivity contribution is 0.0692. The summed E-state index contributed by atoms with van der Waals surface area (Å²) in [6.07, 6.45) is -0.729. The van der Waals surface area contributed by atoms with Crippen LogP contribution in [0.4, 0.5) is 9.80 Å². The quantitative estimate of drug-likeness (QED) is 0.876. The highest BCUT2D eigenvalue weighted by atomic mass is 79.9. The van der Waals surface area contributed by atoms with Crippen LogP contribution in [0.3, 0.4) is 0 Å². The summed E-state index contributed by atoms with van der Waals surface area (Å²) in [5.74, 6) is -1.22. The number of aromatic carboxylic acids is 1. The van der Waals surface area contributed by atoms with Gasteiger partial charge in [0.05, 0.1) is 0 Å². The summed E-state index contributed by atoms with van der Waals surface area (Å²) >= 11 is 4.07. The van der Waals surface area contributed by atoms with E-state index in [4.69, 9.17) is 9.84 Å². The van der Waals surface area contributed by atoms with Crippen molar-refractivity contribution in [2.24, 2.45) is 0 Å². The van der Waals surface area contributed by atoms with Gasteiger partial charge in [0.1, 0.15) is 11.6 Å². The first-order valence-electron chi connectivity index (χ1n) is 5.43. The average Bonchev–Trinajstić information content (AvgIpc) is 2.79. The molecule has 8 heteroatoms. The molecule has 0 unspecified atom stereocenters. The molecule has 0 aliphatic carbocycles. The highest BCUT2D eigenvalue weighted by molar-refractivity contribution is 9.11. The summed E-state index contributed by atoms with van der Waals surface area (Å²) in [6, 6.07) is 9.16. The molecule has 1 heterocycles. The molecule has 0 aliphatic rings. The summed E-state index contributed by atoms with van der Waals surface area (Å²) in [5.41, 5.74) is 0.616. The number of ether oxygens (including phenoxy) is 1. The van der Waals surface area contributed by atoms with Crippen molar-refractivity contribution in [3.8, 4) is 0 Å². The maximum atomic E-state index is 11.6. The molecule has 0 radical (unpaired) electrons. The van der Waals surface area contributed by atoms with Gasteiger partial charge in [-0.05, 0) is 21.5 Å². The molecule has 0 bridgehead atoms. The van der Waals surface area contributed by atoms with Gasteiger partial charge in [0.25, 0.3) is 0 Å². The largest absolute Gasteiger partial charge is 0.476 e. The number of carboxylic acid groups (broad SMARTS) is 1. The van der Waals surface area contributed by atoms with Crippen molar-refractivity contribution in [2.75, 3.05) is 5.32 Å². The first-order chi connectivity index (χ1) is 9.56. The highest BCUT2D eigenvalue weighted by Crippen LogP contribution is 2.28. The van der Waals surface area contributed by atoms with Gasteiger partial charge in [-0.15, -0.1) is 0 Å². The van der Waals surface area contributed by atoms with Gasteiger partial charge in [-0.1, -0.05) is 41.7 Å². The molecule has 104 valence electrons. The summed E-state index contributed by atoms with van der Waals surface area (Å²) in [6.45, 7) is 0.106. The van der Waals surface area contributed by atoms with E-state index >= 15 is 0 Å². The number of carbonyl (C=O) groups is 2. The van der Waals surface area contributed by atoms with Crippen LogP contribution in [0.15, 0.2) is 34.2 Å². The van der Waals surface area contributed by atoms with Gasteiger partial charge in [0, 0.05) is 0 Å². The number of amides is 1. The lowest BCUT2D eigenvalue weighted by Gasteiger charge is -2.05. The van der Waals surface area contributed by atoms with Crippen molar-refractivity contribution in [1.29, 1.82) is 0 Å². The van der Waals surface area contributed by atoms with Gasteiger partial charge in [-0.3, -0.25) is 5.32 Å². The zero-order chi connectivity index (χ0) is 14.5. The van der Waals surface area contributed by atoms with Crippen molar-refractivity contribution in [1.82, 2.24) is 4.98 Å². The fourth-order valence-corrected chi connectivity index (χ4v) is 2.71. The number of nitrogens with one attached hydrogen (secondary N) is 1. The van der Waals surface area contributed by atoms with Crippen molar-refractivity contribution >= 4 is 44.3 Å². The molecule has 0 saturated carbocycles. The SMILES string of the molecule is O=C(Nc1sc(Br)nc1C(=O)O)OCc1ccccc1. The van der Waals surface area contributed by atoms with Crippen molar-refractivity contribution in [2.45, 2.75) is 6.61 Å². The van der Waals surface area contributed by atoms with E-state index in [2.05, 4.69) is 26.2 Å². The zero-order valence-electron chi connectivity index (χ0n) is 10.00. The minimum absolute atomic E-state index is 0.106. The fourth-order valence-electron chi connectivity index (χ4n) is 1.38. The monoisotopic (exact) mass is 356 g/mol. The number of carboxylic acids is 1. The number of rotatable bonds is 4. The Hall–Kier alpha value is -1.93. The summed E-state index contributed by atoms with van der Waals surface area (Å²) in [4.78, 5) is 26.3. The molecule has 1 aromatic carbocycles. The van der Waals surface area contributed by atoms with Gasteiger partial charge >= 0.3 is 12.1 Å². The molecule has 2 N–H and O–H groups in total. The van der Waals surface area contributed by atoms with E-state index in [1.165, 1.54) is 0 Å². The van der Waals surface area contributed by atoms with Gasteiger partial charge in [-0.25, -0.2) is 14.6 Å². The fraction of sp³-hybridized carbons (Fsp3) is 0.0833. The van der Waals surface area contributed by atoms with E-state index in [0.717, 1.165) is 16.9 Å². The van der Waals surface area contributed by atoms with Crippen LogP contribution in [0.5, 0.6) is 0 Å². The Morgan fingerprint density at radius 1 is 1.35 bits per heavy atom. The van der Waals surface area contributed by atoms with E-state index in [1.807, 2.05) is 30.3 Å². The van der Waals surface area contributed by atoms with Crippen LogP contribution in [-0.2, 0) is 11.3 Å². The zero-order valence-corrected chi connectivity index (χ0v) is 12.4. The first-order valence-corrected chi connectivity index (χ1v) is 7.04. The van der Waals surface area contributed by atoms with Crippen LogP contribution in [0.25, 0.3) is 0 Å². The number of thiazole rings is 1. The number of halogens is 1. The summed E-state index contributed by atoms with van der Waals surface area (Å²) in [5, 5.41) is 11.4. The third-order valence-electron chi connectivity index (χ3n) is 2.23. The number of hydrogen-bond donors (Lipinski definition) is 2. The highest BCUT2D eigenvalue weighted by Gasteiger charge is 2.18. The Balaban J connectivity index is 1.96. The van der Waals surface area contributed by atoms with E-state index in [9.17, 15) is 9.59 Å². The topological polar surface area (TPSA) is 88.5 Å². The van der Waals surface area contributed by atoms with Crippen LogP contribution in [0.1, 0.15) is 16.1 Å². The minimum atomic E-state index is -1.22. The van der Waals surface area contributed by atoms with E-state index < -0.39 is 12.1 Å². The van der Waals surface area contributed by atoms with Crippen LogP contribution in [0, 0.1) is 0 Å². The molecule has 0 aliphatic heterocycles. The minimum Gasteiger partial charge on any atom is -0.476 e. The molecule has 0 saturated heterocycles. The van der Waals surface area contributed by atoms with Crippen molar-refractivity contribution in [3.05, 3.63) is 45.5 Å². The maximum Gasteiger partial charge on any atom is 0.412 e. The first kappa shape index (κ1) is 14.5. The number of anilines is 1. The average molecular weight is 357 g/mol. The van der Waals surface area contributed by atoms with Crippen LogP contribution in [-0.4, -0.2) is 22.2 Å². The smallest absolute Gasteiger partial charge is 0.412 e. The predicted molar refractivity (Wildman–Crippen MR) is 77.0 cm³/mol. The molecular weight excluding hydrogens is 348 g/mol. The molecule has 0 atom stereocenters. The molecule has 20 heavy (non-hydrogen) atoms. The van der Waals surface area contributed by atoms with E-state index in [1.54, 1.807) is 0 Å². The number of aromatic nitrogens is 1. The normalized spacial score (nSPS) is 10.1. The number of carbonyl (C=O) groups excluding carboxylic acids is 1. The van der Waals surface area contributed by atoms with Crippen LogP contribution in [0.2, 0.25) is 0 Å². The number of nitrogens with zero attached hydrogens (tertiary/aromatic N) is 1. The Labute approximate surface area is 126 Å². The Morgan fingerprint density at radius 2 is 2.05 bits per heavy atom. The Kier molecular flexibility index (Phi) is 4.70. The predicted octanol–water partition coefficient (Wildman–Crippen LogP) is 3.35. The summed E-state index contributed by atoms with van der Waals surface area (Å²) < 4.78 is 5.37. The lowest BCUT2D eigenvalue weighted by Crippen LogP contribution is -2.14. The lowest BCUT2D eigenvalue weighted by atomic mass is 10.2. The molecule has 1 amide bonds. The molecule has 2 aromatic rings. The standard InChI is InChI=1S/C12H9BrN2O4S/c13-11-14-8(10(16)17)9(20-11)15-12(18)19-6-7-4-2-1-3-5-7/h1-5H,6H2,(H,15,18)(H,16,17). The molecule has 0 fully saturated rings. The summed E-state index contributed by atoms with van der Waals surface area (Å²) in [7, 11) is 0. The van der Waals surface area contributed by atoms with Gasteiger partial charge in [-0.2, -0.15) is 0 Å². The maximum absolute atomic E-state index is 11.6. The molecule has 1 aromatic heterocycles. The molecular formula is C12H9BrN2O4S. The second-order valence-corrected chi connectivity index (χ2v) is 5.91. The van der Waals surface area contributed by atoms with E-state index in [-0.39, 0.29) is 17.3 Å². The van der Waals surface area contributed by atoms with Gasteiger partial charge < -0.3 is 9.84 Å². The Morgan fingerprint density at radius 3 is 2.70 bits per heavy atom.